The van der Waals surface area contributed by atoms with Crippen molar-refractivity contribution in [3.8, 4) is 0 Å². The van der Waals surface area contributed by atoms with E-state index in [-0.39, 0.29) is 5.78 Å². The van der Waals surface area contributed by atoms with Gasteiger partial charge in [0.05, 0.1) is 0 Å². The molecule has 0 saturated carbocycles. The normalized spacial score (nSPS) is 15.9. The molecule has 1 aliphatic heterocycles. The van der Waals surface area contributed by atoms with Gasteiger partial charge in [0.2, 0.25) is 0 Å². The van der Waals surface area contributed by atoms with Crippen molar-refractivity contribution in [2.75, 3.05) is 33.2 Å². The lowest BCUT2D eigenvalue weighted by Gasteiger charge is -2.32. The molecule has 2 aromatic rings. The van der Waals surface area contributed by atoms with Crippen molar-refractivity contribution in [1.29, 1.82) is 0 Å². The highest BCUT2D eigenvalue weighted by Crippen LogP contribution is 2.13. The van der Waals surface area contributed by atoms with E-state index in [1.54, 1.807) is 12.2 Å². The number of carboxylic acids is 1. The van der Waals surface area contributed by atoms with E-state index < -0.39 is 5.97 Å². The fraction of sp³-hybridized carbons (Fsp3) is 0.250. The molecule has 150 valence electrons. The molecule has 1 heterocycles. The van der Waals surface area contributed by atoms with Crippen molar-refractivity contribution in [3.63, 3.8) is 0 Å². The molecule has 5 heteroatoms. The van der Waals surface area contributed by atoms with Gasteiger partial charge in [-0.25, -0.2) is 4.79 Å². The molecule has 1 aliphatic rings. The highest BCUT2D eigenvalue weighted by Gasteiger charge is 2.14. The molecule has 5 nitrogen and oxygen atoms in total. The number of likely N-dealkylation sites (N-methyl/N-ethyl adjacent to an activating group) is 1. The van der Waals surface area contributed by atoms with Crippen molar-refractivity contribution in [1.82, 2.24) is 9.80 Å². The van der Waals surface area contributed by atoms with E-state index >= 15 is 0 Å². The fourth-order valence-corrected chi connectivity index (χ4v) is 3.24. The number of ketones is 1. The van der Waals surface area contributed by atoms with Gasteiger partial charge in [0, 0.05) is 44.4 Å². The van der Waals surface area contributed by atoms with Crippen molar-refractivity contribution in [2.24, 2.45) is 0 Å². The van der Waals surface area contributed by atoms with Crippen LogP contribution in [0.5, 0.6) is 0 Å². The van der Waals surface area contributed by atoms with Crippen LogP contribution in [-0.4, -0.2) is 59.9 Å². The highest BCUT2D eigenvalue weighted by atomic mass is 16.4. The van der Waals surface area contributed by atoms with E-state index in [2.05, 4.69) is 22.9 Å². The third kappa shape index (κ3) is 6.52. The first kappa shape index (κ1) is 20.7. The maximum Gasteiger partial charge on any atom is 0.328 e. The first-order valence-corrected chi connectivity index (χ1v) is 9.73. The minimum Gasteiger partial charge on any atom is -0.478 e. The smallest absolute Gasteiger partial charge is 0.328 e. The van der Waals surface area contributed by atoms with E-state index in [1.165, 1.54) is 6.08 Å². The van der Waals surface area contributed by atoms with Gasteiger partial charge in [-0.05, 0) is 42.0 Å². The molecular weight excluding hydrogens is 364 g/mol. The van der Waals surface area contributed by atoms with E-state index in [4.69, 9.17) is 5.11 Å². The Morgan fingerprint density at radius 1 is 0.931 bits per heavy atom. The molecular formula is C24H26N2O3. The second kappa shape index (κ2) is 9.96. The highest BCUT2D eigenvalue weighted by molar-refractivity contribution is 6.06. The number of rotatable bonds is 7. The van der Waals surface area contributed by atoms with Crippen molar-refractivity contribution in [2.45, 2.75) is 6.54 Å². The summed E-state index contributed by atoms with van der Waals surface area (Å²) in [5, 5.41) is 8.66. The van der Waals surface area contributed by atoms with Crippen LogP contribution < -0.4 is 0 Å². The standard InChI is InChI=1S/C24H26N2O3/c1-25-13-15-26(16-14-25)18-21-3-2-4-22(17-21)23(27)11-9-19-5-7-20(8-6-19)10-12-24(28)29/h2-12,17H,13-16,18H2,1H3,(H,28,29)/b11-9+,12-10+. The number of allylic oxidation sites excluding steroid dienone is 1. The van der Waals surface area contributed by atoms with E-state index in [0.29, 0.717) is 5.56 Å². The number of piperazine rings is 1. The van der Waals surface area contributed by atoms with Gasteiger partial charge in [-0.15, -0.1) is 0 Å². The number of aliphatic carboxylic acids is 1. The largest absolute Gasteiger partial charge is 0.478 e. The molecule has 0 bridgehead atoms. The summed E-state index contributed by atoms with van der Waals surface area (Å²) in [5.74, 6) is -1.01. The summed E-state index contributed by atoms with van der Waals surface area (Å²) in [6.45, 7) is 5.11. The summed E-state index contributed by atoms with van der Waals surface area (Å²) in [7, 11) is 2.14. The van der Waals surface area contributed by atoms with Crippen LogP contribution in [0.1, 0.15) is 27.0 Å². The summed E-state index contributed by atoms with van der Waals surface area (Å²) in [5.41, 5.74) is 3.53. The Bertz CT molecular complexity index is 908. The van der Waals surface area contributed by atoms with Crippen LogP contribution in [0.15, 0.2) is 60.7 Å². The second-order valence-corrected chi connectivity index (χ2v) is 7.32. The quantitative estimate of drug-likeness (QED) is 0.580. The van der Waals surface area contributed by atoms with Gasteiger partial charge in [0.1, 0.15) is 0 Å². The molecule has 1 N–H and O–H groups in total. The lowest BCUT2D eigenvalue weighted by Crippen LogP contribution is -2.43. The molecule has 0 unspecified atom stereocenters. The minimum absolute atomic E-state index is 0.0277. The van der Waals surface area contributed by atoms with E-state index in [1.807, 2.05) is 42.5 Å². The SMILES string of the molecule is CN1CCN(Cc2cccc(C(=O)/C=C/c3ccc(/C=C/C(=O)O)cc3)c2)CC1. The topological polar surface area (TPSA) is 60.9 Å². The molecule has 1 saturated heterocycles. The van der Waals surface area contributed by atoms with Gasteiger partial charge in [0.25, 0.3) is 0 Å². The summed E-state index contributed by atoms with van der Waals surface area (Å²) >= 11 is 0. The van der Waals surface area contributed by atoms with Crippen LogP contribution in [0.3, 0.4) is 0 Å². The van der Waals surface area contributed by atoms with Crippen LogP contribution in [0.2, 0.25) is 0 Å². The zero-order valence-corrected chi connectivity index (χ0v) is 16.6. The van der Waals surface area contributed by atoms with E-state index in [9.17, 15) is 9.59 Å². The van der Waals surface area contributed by atoms with Crippen LogP contribution in [0.4, 0.5) is 0 Å². The maximum atomic E-state index is 12.6. The predicted molar refractivity (Wildman–Crippen MR) is 116 cm³/mol. The summed E-state index contributed by atoms with van der Waals surface area (Å²) < 4.78 is 0. The Morgan fingerprint density at radius 3 is 2.17 bits per heavy atom. The second-order valence-electron chi connectivity index (χ2n) is 7.32. The summed E-state index contributed by atoms with van der Waals surface area (Å²) in [4.78, 5) is 27.9. The number of carbonyl (C=O) groups is 2. The van der Waals surface area contributed by atoms with Crippen LogP contribution >= 0.6 is 0 Å². The van der Waals surface area contributed by atoms with Crippen molar-refractivity contribution >= 4 is 23.9 Å². The number of hydrogen-bond donors (Lipinski definition) is 1. The van der Waals surface area contributed by atoms with Gasteiger partial charge in [-0.2, -0.15) is 0 Å². The summed E-state index contributed by atoms with van der Waals surface area (Å²) in [6, 6.07) is 15.2. The number of carboxylic acid groups (broad SMARTS) is 1. The number of carbonyl (C=O) groups excluding carboxylic acids is 1. The Balaban J connectivity index is 1.60. The van der Waals surface area contributed by atoms with Crippen LogP contribution in [0, 0.1) is 0 Å². The fourth-order valence-electron chi connectivity index (χ4n) is 3.24. The Kier molecular flexibility index (Phi) is 7.11. The Morgan fingerprint density at radius 2 is 1.55 bits per heavy atom. The third-order valence-electron chi connectivity index (χ3n) is 5.00. The molecule has 0 radical (unpaired) electrons. The molecule has 0 amide bonds. The average Bonchev–Trinajstić information content (AvgIpc) is 2.73. The average molecular weight is 390 g/mol. The van der Waals surface area contributed by atoms with E-state index in [0.717, 1.165) is 55.5 Å². The Labute approximate surface area is 171 Å². The Hall–Kier alpha value is -3.02. The van der Waals surface area contributed by atoms with Crippen molar-refractivity contribution < 1.29 is 14.7 Å². The van der Waals surface area contributed by atoms with Gasteiger partial charge in [-0.1, -0.05) is 48.5 Å². The molecule has 0 atom stereocenters. The molecule has 1 fully saturated rings. The maximum absolute atomic E-state index is 12.6. The van der Waals surface area contributed by atoms with Gasteiger partial charge in [-0.3, -0.25) is 9.69 Å². The molecule has 0 spiro atoms. The lowest BCUT2D eigenvalue weighted by molar-refractivity contribution is -0.131. The van der Waals surface area contributed by atoms with Gasteiger partial charge in [0.15, 0.2) is 5.78 Å². The minimum atomic E-state index is -0.977. The third-order valence-corrected chi connectivity index (χ3v) is 5.00. The first-order chi connectivity index (χ1) is 14.0. The number of hydrogen-bond acceptors (Lipinski definition) is 4. The van der Waals surface area contributed by atoms with Crippen LogP contribution in [0.25, 0.3) is 12.2 Å². The first-order valence-electron chi connectivity index (χ1n) is 9.73. The predicted octanol–water partition coefficient (Wildman–Crippen LogP) is 3.43. The number of benzene rings is 2. The zero-order chi connectivity index (χ0) is 20.6. The lowest BCUT2D eigenvalue weighted by atomic mass is 10.0. The molecule has 29 heavy (non-hydrogen) atoms. The molecule has 0 aliphatic carbocycles. The van der Waals surface area contributed by atoms with Gasteiger partial charge >= 0.3 is 5.97 Å². The summed E-state index contributed by atoms with van der Waals surface area (Å²) in [6.07, 6.45) is 5.99. The molecule has 3 rings (SSSR count). The number of nitrogens with zero attached hydrogens (tertiary/aromatic N) is 2. The molecule has 0 aromatic heterocycles. The molecule has 2 aromatic carbocycles. The zero-order valence-electron chi connectivity index (χ0n) is 16.6. The van der Waals surface area contributed by atoms with Gasteiger partial charge < -0.3 is 10.0 Å². The van der Waals surface area contributed by atoms with Crippen LogP contribution in [-0.2, 0) is 11.3 Å². The monoisotopic (exact) mass is 390 g/mol. The van der Waals surface area contributed by atoms with Crippen molar-refractivity contribution in [3.05, 3.63) is 82.9 Å².